The van der Waals surface area contributed by atoms with E-state index in [1.54, 1.807) is 0 Å². The van der Waals surface area contributed by atoms with Gasteiger partial charge in [0, 0.05) is 38.8 Å². The highest BCUT2D eigenvalue weighted by Gasteiger charge is 2.25. The first-order valence-corrected chi connectivity index (χ1v) is 19.3. The van der Waals surface area contributed by atoms with Crippen LogP contribution in [0.1, 0.15) is 134 Å². The summed E-state index contributed by atoms with van der Waals surface area (Å²) in [4.78, 5) is 18.2. The molecule has 0 unspecified atom stereocenters. The summed E-state index contributed by atoms with van der Waals surface area (Å²) in [7, 11) is 0. The lowest BCUT2D eigenvalue weighted by molar-refractivity contribution is 0.568. The lowest BCUT2D eigenvalue weighted by Gasteiger charge is -2.26. The van der Waals surface area contributed by atoms with Crippen LogP contribution in [0.15, 0.2) is 73.3 Å². The van der Waals surface area contributed by atoms with Crippen molar-refractivity contribution in [1.82, 2.24) is 19.9 Å². The summed E-state index contributed by atoms with van der Waals surface area (Å²) in [5.74, 6) is 0. The first kappa shape index (κ1) is 37.1. The van der Waals surface area contributed by atoms with Crippen LogP contribution in [0.5, 0.6) is 0 Å². The zero-order valence-corrected chi connectivity index (χ0v) is 34.3. The summed E-state index contributed by atoms with van der Waals surface area (Å²) in [5.41, 5.74) is 18.1. The van der Waals surface area contributed by atoms with E-state index in [-0.39, 0.29) is 21.7 Å². The Kier molecular flexibility index (Phi) is 8.91. The summed E-state index contributed by atoms with van der Waals surface area (Å²) >= 11 is 0. The molecule has 5 aromatic rings. The topological polar surface area (TPSA) is 57.4 Å². The Morgan fingerprint density at radius 2 is 0.889 bits per heavy atom. The van der Waals surface area contributed by atoms with Crippen molar-refractivity contribution in [2.24, 2.45) is 0 Å². The van der Waals surface area contributed by atoms with Crippen LogP contribution in [0.2, 0.25) is 0 Å². The predicted molar refractivity (Wildman–Crippen MR) is 235 cm³/mol. The van der Waals surface area contributed by atoms with Crippen LogP contribution < -0.4 is 0 Å². The van der Waals surface area contributed by atoms with Crippen LogP contribution in [0, 0.1) is 0 Å². The highest BCUT2D eigenvalue weighted by atomic mass is 14.8. The third-order valence-electron chi connectivity index (χ3n) is 10.7. The first-order chi connectivity index (χ1) is 25.2. The van der Waals surface area contributed by atoms with Crippen LogP contribution in [-0.2, 0) is 21.7 Å². The first-order valence-electron chi connectivity index (χ1n) is 19.3. The average Bonchev–Trinajstić information content (AvgIpc) is 3.90. The van der Waals surface area contributed by atoms with Crippen LogP contribution in [-0.4, -0.2) is 19.9 Å². The molecule has 7 rings (SSSR count). The van der Waals surface area contributed by atoms with Crippen molar-refractivity contribution in [1.29, 1.82) is 0 Å². The number of rotatable bonds is 3. The van der Waals surface area contributed by atoms with E-state index in [9.17, 15) is 0 Å². The number of aromatic amines is 2. The summed E-state index contributed by atoms with van der Waals surface area (Å²) in [5, 5.41) is 0. The zero-order valence-electron chi connectivity index (χ0n) is 34.3. The van der Waals surface area contributed by atoms with E-state index in [0.717, 1.165) is 72.7 Å². The minimum atomic E-state index is -0.0251. The zero-order chi connectivity index (χ0) is 39.0. The molecule has 0 aliphatic carbocycles. The number of aromatic nitrogens is 4. The van der Waals surface area contributed by atoms with Gasteiger partial charge in [0.2, 0.25) is 0 Å². The second kappa shape index (κ2) is 13.0. The Morgan fingerprint density at radius 1 is 0.463 bits per heavy atom. The predicted octanol–water partition coefficient (Wildman–Crippen LogP) is 13.8. The van der Waals surface area contributed by atoms with E-state index in [2.05, 4.69) is 191 Å². The lowest BCUT2D eigenvalue weighted by Crippen LogP contribution is -2.16. The second-order valence-electron chi connectivity index (χ2n) is 19.2. The van der Waals surface area contributed by atoms with Crippen molar-refractivity contribution in [3.63, 3.8) is 0 Å². The van der Waals surface area contributed by atoms with Crippen LogP contribution in [0.3, 0.4) is 0 Å². The van der Waals surface area contributed by atoms with Crippen molar-refractivity contribution >= 4 is 52.4 Å². The molecule has 4 nitrogen and oxygen atoms in total. The number of benzene rings is 2. The molecule has 4 heteroatoms. The third kappa shape index (κ3) is 7.19. The summed E-state index contributed by atoms with van der Waals surface area (Å²) in [6.07, 6.45) is 10.5. The molecule has 276 valence electrons. The second-order valence-corrected chi connectivity index (χ2v) is 19.2. The Morgan fingerprint density at radius 3 is 1.39 bits per heavy atom. The summed E-state index contributed by atoms with van der Waals surface area (Å²) < 4.78 is 0. The maximum atomic E-state index is 5.35. The SMILES string of the molecule is C=Cc1c2nc(c(-c3cc(C(C)(C)C)cc(C(C)(C)C)c3)c3ccc(cc4nc(c(-c5cc(C(C)(C)C)cc(C(C)(C)C)c5)c5ccc1[nH]5)C=C4)[nH]3)C=C2. The maximum absolute atomic E-state index is 5.35. The quantitative estimate of drug-likeness (QED) is 0.192. The third-order valence-corrected chi connectivity index (χ3v) is 10.7. The van der Waals surface area contributed by atoms with Crippen LogP contribution >= 0.6 is 0 Å². The molecule has 0 amide bonds. The summed E-state index contributed by atoms with van der Waals surface area (Å²) in [6.45, 7) is 31.7. The fraction of sp³-hybridized carbons (Fsp3) is 0.320. The number of nitrogens with zero attached hydrogens (tertiary/aromatic N) is 2. The molecule has 5 heterocycles. The molecule has 0 radical (unpaired) electrons. The van der Waals surface area contributed by atoms with Crippen molar-refractivity contribution in [2.75, 3.05) is 0 Å². The molecule has 2 aliphatic heterocycles. The smallest absolute Gasteiger partial charge is 0.0737 e. The van der Waals surface area contributed by atoms with E-state index in [0.29, 0.717) is 0 Å². The van der Waals surface area contributed by atoms with Crippen molar-refractivity contribution in [2.45, 2.75) is 105 Å². The molecule has 2 N–H and O–H groups in total. The molecule has 2 aromatic carbocycles. The molecule has 8 bridgehead atoms. The highest BCUT2D eigenvalue weighted by molar-refractivity contribution is 5.95. The minimum absolute atomic E-state index is 0.0251. The number of H-pyrrole nitrogens is 2. The Labute approximate surface area is 322 Å². The van der Waals surface area contributed by atoms with Gasteiger partial charge in [0.05, 0.1) is 22.8 Å². The molecule has 0 spiro atoms. The van der Waals surface area contributed by atoms with Gasteiger partial charge in [-0.2, -0.15) is 0 Å². The van der Waals surface area contributed by atoms with Gasteiger partial charge < -0.3 is 9.97 Å². The van der Waals surface area contributed by atoms with Gasteiger partial charge in [-0.1, -0.05) is 132 Å². The molecule has 0 fully saturated rings. The Balaban J connectivity index is 1.59. The molecular weight excluding hydrogens is 657 g/mol. The van der Waals surface area contributed by atoms with Crippen LogP contribution in [0.4, 0.5) is 0 Å². The number of hydrogen-bond acceptors (Lipinski definition) is 2. The fourth-order valence-electron chi connectivity index (χ4n) is 7.26. The molecule has 0 saturated carbocycles. The number of hydrogen-bond donors (Lipinski definition) is 2. The average molecular weight is 713 g/mol. The Bertz CT molecular complexity index is 2400. The molecular formula is C50H56N4. The minimum Gasteiger partial charge on any atom is -0.355 e. The molecule has 0 saturated heterocycles. The van der Waals surface area contributed by atoms with E-state index in [1.165, 1.54) is 22.3 Å². The van der Waals surface area contributed by atoms with Gasteiger partial charge in [-0.15, -0.1) is 0 Å². The lowest BCUT2D eigenvalue weighted by atomic mass is 9.78. The largest absolute Gasteiger partial charge is 0.355 e. The van der Waals surface area contributed by atoms with Gasteiger partial charge in [-0.25, -0.2) is 9.97 Å². The number of nitrogens with one attached hydrogen (secondary N) is 2. The van der Waals surface area contributed by atoms with Gasteiger partial charge in [-0.05, 0) is 110 Å². The van der Waals surface area contributed by atoms with Gasteiger partial charge in [0.1, 0.15) is 0 Å². The van der Waals surface area contributed by atoms with Gasteiger partial charge in [-0.3, -0.25) is 0 Å². The van der Waals surface area contributed by atoms with Crippen molar-refractivity contribution in [3.05, 3.63) is 124 Å². The van der Waals surface area contributed by atoms with Crippen molar-refractivity contribution < 1.29 is 0 Å². The Hall–Kier alpha value is -5.22. The fourth-order valence-corrected chi connectivity index (χ4v) is 7.26. The van der Waals surface area contributed by atoms with E-state index in [1.807, 2.05) is 6.08 Å². The molecule has 3 aromatic heterocycles. The van der Waals surface area contributed by atoms with Gasteiger partial charge in [0.15, 0.2) is 0 Å². The molecule has 2 aliphatic rings. The maximum Gasteiger partial charge on any atom is 0.0737 e. The molecule has 54 heavy (non-hydrogen) atoms. The van der Waals surface area contributed by atoms with E-state index >= 15 is 0 Å². The van der Waals surface area contributed by atoms with Crippen LogP contribution in [0.25, 0.3) is 74.7 Å². The van der Waals surface area contributed by atoms with Gasteiger partial charge in [0.25, 0.3) is 0 Å². The summed E-state index contributed by atoms with van der Waals surface area (Å²) in [6, 6.07) is 24.9. The number of fused-ring (bicyclic) bond motifs is 8. The standard InChI is InChI=1S/C50H56N4/c1-14-38-39-19-21-43(53-39)45(30-23-32(47(2,3)4)27-33(24-30)48(5,6)7)41-17-15-36(51-41)29-37-16-18-42(52-37)46(44-22-20-40(38)54-44)31-25-34(49(8,9)10)28-35(26-31)50(11,12)13/h14-29,51,54H,1H2,2-13H3. The van der Waals surface area contributed by atoms with Crippen molar-refractivity contribution in [3.8, 4) is 22.3 Å². The van der Waals surface area contributed by atoms with Gasteiger partial charge >= 0.3 is 0 Å². The normalized spacial score (nSPS) is 13.5. The highest BCUT2D eigenvalue weighted by Crippen LogP contribution is 2.40. The molecule has 0 atom stereocenters. The monoisotopic (exact) mass is 712 g/mol. The van der Waals surface area contributed by atoms with E-state index in [4.69, 9.17) is 9.97 Å². The van der Waals surface area contributed by atoms with E-state index < -0.39 is 0 Å².